The summed E-state index contributed by atoms with van der Waals surface area (Å²) >= 11 is 0. The van der Waals surface area contributed by atoms with Gasteiger partial charge in [0.2, 0.25) is 5.91 Å². The van der Waals surface area contributed by atoms with Gasteiger partial charge in [-0.3, -0.25) is 14.5 Å². The Bertz CT molecular complexity index is 690. The van der Waals surface area contributed by atoms with E-state index in [2.05, 4.69) is 9.80 Å². The largest absolute Gasteiger partial charge is 0.453 e. The molecule has 0 aliphatic carbocycles. The van der Waals surface area contributed by atoms with Gasteiger partial charge in [-0.05, 0) is 57.2 Å². The smallest absolute Gasteiger partial charge is 0.289 e. The van der Waals surface area contributed by atoms with E-state index in [0.29, 0.717) is 36.6 Å². The summed E-state index contributed by atoms with van der Waals surface area (Å²) in [5.41, 5.74) is 0. The monoisotopic (exact) mass is 389 g/mol. The van der Waals surface area contributed by atoms with E-state index in [-0.39, 0.29) is 18.4 Å². The van der Waals surface area contributed by atoms with Gasteiger partial charge in [-0.1, -0.05) is 0 Å². The van der Waals surface area contributed by atoms with Gasteiger partial charge >= 0.3 is 0 Å². The Morgan fingerprint density at radius 1 is 0.964 bits per heavy atom. The lowest BCUT2D eigenvalue weighted by Crippen LogP contribution is -2.51. The lowest BCUT2D eigenvalue weighted by Gasteiger charge is -2.42. The van der Waals surface area contributed by atoms with Crippen LogP contribution in [0.5, 0.6) is 0 Å². The number of nitrogens with zero attached hydrogens (tertiary/aromatic N) is 3. The van der Waals surface area contributed by atoms with Crippen molar-refractivity contribution < 1.29 is 19.1 Å². The van der Waals surface area contributed by atoms with Crippen molar-refractivity contribution in [1.29, 1.82) is 0 Å². The van der Waals surface area contributed by atoms with Gasteiger partial charge in [0.15, 0.2) is 5.76 Å². The summed E-state index contributed by atoms with van der Waals surface area (Å²) in [5, 5.41) is 9.10. The molecule has 0 saturated carbocycles. The number of carbonyl (C=O) groups excluding carboxylic acids is 2. The zero-order chi connectivity index (χ0) is 19.5. The number of carbonyl (C=O) groups is 2. The molecule has 1 N–H and O–H groups in total. The van der Waals surface area contributed by atoms with Crippen LogP contribution in [0.1, 0.15) is 54.8 Å². The number of piperidine rings is 2. The fourth-order valence-electron chi connectivity index (χ4n) is 4.90. The van der Waals surface area contributed by atoms with Gasteiger partial charge < -0.3 is 19.3 Å². The minimum absolute atomic E-state index is 0.0983. The Morgan fingerprint density at radius 2 is 1.71 bits per heavy atom. The van der Waals surface area contributed by atoms with Gasteiger partial charge in [0.25, 0.3) is 5.91 Å². The number of aliphatic hydroxyl groups is 1. The summed E-state index contributed by atoms with van der Waals surface area (Å²) in [5.74, 6) is 1.12. The molecule has 3 aliphatic heterocycles. The minimum atomic E-state index is -0.193. The van der Waals surface area contributed by atoms with E-state index in [0.717, 1.165) is 64.7 Å². The van der Waals surface area contributed by atoms with Gasteiger partial charge in [-0.15, -0.1) is 0 Å². The maximum Gasteiger partial charge on any atom is 0.289 e. The average Bonchev–Trinajstić information content (AvgIpc) is 3.45. The van der Waals surface area contributed by atoms with Crippen molar-refractivity contribution in [1.82, 2.24) is 14.7 Å². The molecule has 3 aliphatic rings. The minimum Gasteiger partial charge on any atom is -0.453 e. The summed E-state index contributed by atoms with van der Waals surface area (Å²) in [4.78, 5) is 31.7. The molecular weight excluding hydrogens is 358 g/mol. The van der Waals surface area contributed by atoms with Crippen molar-refractivity contribution in [2.45, 2.75) is 51.2 Å². The molecule has 7 heteroatoms. The third-order valence-electron chi connectivity index (χ3n) is 6.52. The number of aliphatic hydroxyl groups excluding tert-OH is 1. The predicted molar refractivity (Wildman–Crippen MR) is 104 cm³/mol. The Labute approximate surface area is 166 Å². The molecule has 3 fully saturated rings. The van der Waals surface area contributed by atoms with E-state index < -0.39 is 0 Å². The Morgan fingerprint density at radius 3 is 2.39 bits per heavy atom. The van der Waals surface area contributed by atoms with Crippen molar-refractivity contribution >= 4 is 11.8 Å². The topological polar surface area (TPSA) is 77.2 Å². The molecule has 0 aromatic carbocycles. The van der Waals surface area contributed by atoms with Gasteiger partial charge in [-0.25, -0.2) is 0 Å². The Balaban J connectivity index is 1.29. The molecule has 1 aromatic rings. The first-order valence-electron chi connectivity index (χ1n) is 10.7. The second kappa shape index (κ2) is 8.66. The van der Waals surface area contributed by atoms with Gasteiger partial charge in [0, 0.05) is 38.8 Å². The Kier molecular flexibility index (Phi) is 6.01. The third kappa shape index (κ3) is 4.10. The molecule has 154 valence electrons. The first kappa shape index (κ1) is 19.5. The number of hydrogen-bond donors (Lipinski definition) is 1. The predicted octanol–water partition coefficient (Wildman–Crippen LogP) is 1.71. The lowest BCUT2D eigenvalue weighted by molar-refractivity contribution is -0.136. The van der Waals surface area contributed by atoms with Crippen molar-refractivity contribution in [2.75, 3.05) is 39.3 Å². The zero-order valence-corrected chi connectivity index (χ0v) is 16.5. The molecule has 0 bridgehead atoms. The second-order valence-corrected chi connectivity index (χ2v) is 8.31. The molecule has 4 heterocycles. The molecule has 1 aromatic heterocycles. The highest BCUT2D eigenvalue weighted by molar-refractivity contribution is 5.91. The van der Waals surface area contributed by atoms with Crippen LogP contribution in [0.3, 0.4) is 0 Å². The van der Waals surface area contributed by atoms with Crippen LogP contribution in [0.15, 0.2) is 16.5 Å². The Hall–Kier alpha value is -1.86. The fourth-order valence-corrected chi connectivity index (χ4v) is 4.90. The highest BCUT2D eigenvalue weighted by atomic mass is 16.4. The summed E-state index contributed by atoms with van der Waals surface area (Å²) in [6.45, 7) is 5.01. The van der Waals surface area contributed by atoms with E-state index in [9.17, 15) is 9.59 Å². The summed E-state index contributed by atoms with van der Waals surface area (Å²) in [6, 6.07) is 3.73. The highest BCUT2D eigenvalue weighted by Crippen LogP contribution is 2.26. The van der Waals surface area contributed by atoms with E-state index in [1.54, 1.807) is 12.1 Å². The summed E-state index contributed by atoms with van der Waals surface area (Å²) in [7, 11) is 0. The van der Waals surface area contributed by atoms with Crippen LogP contribution in [0.2, 0.25) is 0 Å². The molecule has 4 rings (SSSR count). The van der Waals surface area contributed by atoms with Gasteiger partial charge in [0.05, 0.1) is 5.92 Å². The van der Waals surface area contributed by atoms with Crippen molar-refractivity contribution in [3.8, 4) is 0 Å². The third-order valence-corrected chi connectivity index (χ3v) is 6.52. The normalized spacial score (nSPS) is 24.7. The van der Waals surface area contributed by atoms with Gasteiger partial charge in [-0.2, -0.15) is 0 Å². The highest BCUT2D eigenvalue weighted by Gasteiger charge is 2.35. The summed E-state index contributed by atoms with van der Waals surface area (Å²) in [6.07, 6.45) is 6.25. The zero-order valence-electron chi connectivity index (χ0n) is 16.5. The molecule has 0 radical (unpaired) electrons. The molecule has 28 heavy (non-hydrogen) atoms. The maximum absolute atomic E-state index is 12.8. The SMILES string of the molecule is O=C(c1ccc(CO)o1)N1CCC(N2CCC[C@@H](C(=O)N3CCCC3)C2)CC1. The first-order valence-corrected chi connectivity index (χ1v) is 10.7. The van der Waals surface area contributed by atoms with Crippen molar-refractivity contribution in [2.24, 2.45) is 5.92 Å². The first-order chi connectivity index (χ1) is 13.7. The average molecular weight is 389 g/mol. The molecule has 2 amide bonds. The number of hydrogen-bond acceptors (Lipinski definition) is 5. The second-order valence-electron chi connectivity index (χ2n) is 8.31. The van der Waals surface area contributed by atoms with Gasteiger partial charge in [0.1, 0.15) is 12.4 Å². The standard InChI is InChI=1S/C21H31N3O4/c25-15-18-5-6-19(28-18)21(27)23-12-7-17(8-13-23)24-11-3-4-16(14-24)20(26)22-9-1-2-10-22/h5-6,16-17,25H,1-4,7-15H2/t16-/m1/s1. The van der Waals surface area contributed by atoms with E-state index >= 15 is 0 Å². The van der Waals surface area contributed by atoms with Crippen LogP contribution in [0.25, 0.3) is 0 Å². The number of amides is 2. The number of likely N-dealkylation sites (tertiary alicyclic amines) is 3. The molecular formula is C21H31N3O4. The molecule has 3 saturated heterocycles. The van der Waals surface area contributed by atoms with Crippen LogP contribution in [0, 0.1) is 5.92 Å². The van der Waals surface area contributed by atoms with Crippen LogP contribution >= 0.6 is 0 Å². The van der Waals surface area contributed by atoms with Crippen molar-refractivity contribution in [3.63, 3.8) is 0 Å². The maximum atomic E-state index is 12.8. The summed E-state index contributed by atoms with van der Waals surface area (Å²) < 4.78 is 5.39. The van der Waals surface area contributed by atoms with Crippen LogP contribution in [-0.4, -0.2) is 76.9 Å². The number of furan rings is 1. The molecule has 1 atom stereocenters. The van der Waals surface area contributed by atoms with Crippen LogP contribution in [0.4, 0.5) is 0 Å². The van der Waals surface area contributed by atoms with Crippen LogP contribution < -0.4 is 0 Å². The number of rotatable bonds is 4. The van der Waals surface area contributed by atoms with Crippen LogP contribution in [-0.2, 0) is 11.4 Å². The quantitative estimate of drug-likeness (QED) is 0.848. The van der Waals surface area contributed by atoms with E-state index in [1.165, 1.54) is 0 Å². The molecule has 0 spiro atoms. The fraction of sp³-hybridized carbons (Fsp3) is 0.714. The lowest BCUT2D eigenvalue weighted by atomic mass is 9.93. The van der Waals surface area contributed by atoms with Crippen molar-refractivity contribution in [3.05, 3.63) is 23.7 Å². The van der Waals surface area contributed by atoms with E-state index in [1.807, 2.05) is 4.90 Å². The molecule has 7 nitrogen and oxygen atoms in total. The molecule has 0 unspecified atom stereocenters. The van der Waals surface area contributed by atoms with E-state index in [4.69, 9.17) is 9.52 Å².